The molecule has 0 saturated carbocycles. The van der Waals surface area contributed by atoms with Crippen LogP contribution in [-0.2, 0) is 29.0 Å². The highest BCUT2D eigenvalue weighted by Gasteiger charge is 2.29. The van der Waals surface area contributed by atoms with Gasteiger partial charge in [-0.1, -0.05) is 24.3 Å². The Hall–Kier alpha value is -3.37. The minimum absolute atomic E-state index is 0.139. The molecule has 1 amide bonds. The summed E-state index contributed by atoms with van der Waals surface area (Å²) in [5.74, 6) is 0.139. The molecule has 1 aromatic carbocycles. The summed E-state index contributed by atoms with van der Waals surface area (Å²) in [5, 5.41) is 2.34. The van der Waals surface area contributed by atoms with E-state index >= 15 is 0 Å². The number of nitrogens with zero attached hydrogens (tertiary/aromatic N) is 7. The zero-order chi connectivity index (χ0) is 29.9. The van der Waals surface area contributed by atoms with Gasteiger partial charge in [0, 0.05) is 81.0 Å². The fourth-order valence-electron chi connectivity index (χ4n) is 7.45. The lowest BCUT2D eigenvalue weighted by atomic mass is 9.90. The highest BCUT2D eigenvalue weighted by atomic mass is 16.5. The lowest BCUT2D eigenvalue weighted by molar-refractivity contribution is -0.135. The van der Waals surface area contributed by atoms with Gasteiger partial charge in [-0.05, 0) is 63.0 Å². The number of morpholine rings is 1. The third-order valence-electron chi connectivity index (χ3n) is 9.89. The molecule has 7 rings (SSSR count). The van der Waals surface area contributed by atoms with Crippen molar-refractivity contribution in [2.24, 2.45) is 0 Å². The molecule has 0 radical (unpaired) electrons. The second kappa shape index (κ2) is 13.3. The summed E-state index contributed by atoms with van der Waals surface area (Å²) in [6.45, 7) is 10.2. The number of hydrogen-bond donors (Lipinski definition) is 0. The molecule has 2 aliphatic heterocycles. The highest BCUT2D eigenvalue weighted by molar-refractivity contribution is 6.09. The van der Waals surface area contributed by atoms with E-state index in [0.29, 0.717) is 32.8 Å². The molecular formula is C35H45N7O2. The van der Waals surface area contributed by atoms with Crippen LogP contribution in [0.1, 0.15) is 42.3 Å². The van der Waals surface area contributed by atoms with Crippen LogP contribution >= 0.6 is 0 Å². The van der Waals surface area contributed by atoms with Gasteiger partial charge in [0.05, 0.1) is 36.2 Å². The van der Waals surface area contributed by atoms with Crippen LogP contribution in [0.25, 0.3) is 21.8 Å². The first-order valence-corrected chi connectivity index (χ1v) is 16.4. The van der Waals surface area contributed by atoms with Crippen LogP contribution in [0.2, 0.25) is 0 Å². The Labute approximate surface area is 260 Å². The van der Waals surface area contributed by atoms with Gasteiger partial charge in [0.1, 0.15) is 6.54 Å². The van der Waals surface area contributed by atoms with Crippen molar-refractivity contribution < 1.29 is 9.53 Å². The van der Waals surface area contributed by atoms with Crippen LogP contribution in [0, 0.1) is 0 Å². The third kappa shape index (κ3) is 6.11. The lowest BCUT2D eigenvalue weighted by Gasteiger charge is -2.36. The SMILES string of the molecule is CN1CCN(CCCN(Cc2nccc3c4ccccc4n(CC(=O)N4CCOCC4)c23)[C@H]2CCCc3cccnc32)CC1. The number of amides is 1. The number of benzene rings is 1. The zero-order valence-corrected chi connectivity index (χ0v) is 26.0. The Kier molecular flexibility index (Phi) is 8.88. The van der Waals surface area contributed by atoms with Crippen molar-refractivity contribution in [1.82, 2.24) is 34.1 Å². The van der Waals surface area contributed by atoms with Crippen LogP contribution in [0.15, 0.2) is 54.9 Å². The standard InChI is InChI=1S/C35H45N7O2/c1-38-17-19-39(20-18-38)15-6-16-41(32-11-4-7-27-8-5-13-37-34(27)32)25-30-35-29(12-14-36-30)28-9-2-3-10-31(28)42(35)26-33(43)40-21-23-44-24-22-40/h2-3,5,8-10,12-14,32H,4,6-7,11,15-26H2,1H3/t32-/m0/s1. The van der Waals surface area contributed by atoms with Crippen molar-refractivity contribution in [3.05, 3.63) is 71.8 Å². The first-order chi connectivity index (χ1) is 21.7. The number of fused-ring (bicyclic) bond motifs is 4. The van der Waals surface area contributed by atoms with Crippen molar-refractivity contribution in [3.63, 3.8) is 0 Å². The first-order valence-electron chi connectivity index (χ1n) is 16.4. The molecular weight excluding hydrogens is 550 g/mol. The molecule has 44 heavy (non-hydrogen) atoms. The van der Waals surface area contributed by atoms with Gasteiger partial charge in [0.15, 0.2) is 0 Å². The summed E-state index contributed by atoms with van der Waals surface area (Å²) in [7, 11) is 2.22. The van der Waals surface area contributed by atoms with Gasteiger partial charge in [0.25, 0.3) is 0 Å². The largest absolute Gasteiger partial charge is 0.378 e. The van der Waals surface area contributed by atoms with E-state index in [2.05, 4.69) is 68.8 Å². The van der Waals surface area contributed by atoms with E-state index in [0.717, 1.165) is 81.8 Å². The minimum atomic E-state index is 0.139. The predicted molar refractivity (Wildman–Crippen MR) is 174 cm³/mol. The number of likely N-dealkylation sites (N-methyl/N-ethyl adjacent to an activating group) is 1. The third-order valence-corrected chi connectivity index (χ3v) is 9.89. The van der Waals surface area contributed by atoms with Crippen LogP contribution < -0.4 is 0 Å². The monoisotopic (exact) mass is 595 g/mol. The fourth-order valence-corrected chi connectivity index (χ4v) is 7.45. The number of piperazine rings is 1. The fraction of sp³-hybridized carbons (Fsp3) is 0.514. The lowest BCUT2D eigenvalue weighted by Crippen LogP contribution is -2.45. The average Bonchev–Trinajstić information content (AvgIpc) is 3.39. The Morgan fingerprint density at radius 2 is 1.80 bits per heavy atom. The van der Waals surface area contributed by atoms with E-state index in [1.807, 2.05) is 17.3 Å². The molecule has 9 nitrogen and oxygen atoms in total. The van der Waals surface area contributed by atoms with Crippen molar-refractivity contribution >= 4 is 27.7 Å². The number of pyridine rings is 2. The van der Waals surface area contributed by atoms with E-state index in [1.54, 1.807) is 0 Å². The average molecular weight is 596 g/mol. The molecule has 0 bridgehead atoms. The van der Waals surface area contributed by atoms with E-state index in [9.17, 15) is 4.79 Å². The maximum atomic E-state index is 13.6. The maximum Gasteiger partial charge on any atom is 0.242 e. The molecule has 9 heteroatoms. The zero-order valence-electron chi connectivity index (χ0n) is 26.0. The van der Waals surface area contributed by atoms with Crippen molar-refractivity contribution in [1.29, 1.82) is 0 Å². The topological polar surface area (TPSA) is 70.0 Å². The molecule has 1 aliphatic carbocycles. The van der Waals surface area contributed by atoms with Gasteiger partial charge in [-0.25, -0.2) is 0 Å². The molecule has 4 aromatic rings. The molecule has 0 spiro atoms. The maximum absolute atomic E-state index is 13.6. The van der Waals surface area contributed by atoms with Crippen LogP contribution in [-0.4, -0.2) is 113 Å². The molecule has 232 valence electrons. The number of aromatic nitrogens is 3. The summed E-state index contributed by atoms with van der Waals surface area (Å²) in [4.78, 5) is 33.2. The Morgan fingerprint density at radius 1 is 0.955 bits per heavy atom. The van der Waals surface area contributed by atoms with Gasteiger partial charge in [0.2, 0.25) is 5.91 Å². The van der Waals surface area contributed by atoms with Crippen LogP contribution in [0.4, 0.5) is 0 Å². The summed E-state index contributed by atoms with van der Waals surface area (Å²) in [6, 6.07) is 15.2. The Bertz CT molecular complexity index is 1590. The molecule has 0 unspecified atom stereocenters. The van der Waals surface area contributed by atoms with Gasteiger partial charge in [-0.2, -0.15) is 0 Å². The summed E-state index contributed by atoms with van der Waals surface area (Å²) >= 11 is 0. The molecule has 3 aromatic heterocycles. The molecule has 0 N–H and O–H groups in total. The van der Waals surface area contributed by atoms with Gasteiger partial charge < -0.3 is 24.0 Å². The second-order valence-corrected chi connectivity index (χ2v) is 12.7. The van der Waals surface area contributed by atoms with Crippen molar-refractivity contribution in [2.45, 2.75) is 44.8 Å². The van der Waals surface area contributed by atoms with E-state index in [-0.39, 0.29) is 11.9 Å². The van der Waals surface area contributed by atoms with Gasteiger partial charge >= 0.3 is 0 Å². The summed E-state index contributed by atoms with van der Waals surface area (Å²) in [6.07, 6.45) is 8.38. The highest BCUT2D eigenvalue weighted by Crippen LogP contribution is 2.36. The Morgan fingerprint density at radius 3 is 2.66 bits per heavy atom. The van der Waals surface area contributed by atoms with E-state index in [1.165, 1.54) is 28.5 Å². The predicted octanol–water partition coefficient (Wildman–Crippen LogP) is 3.96. The van der Waals surface area contributed by atoms with Gasteiger partial charge in [-0.15, -0.1) is 0 Å². The van der Waals surface area contributed by atoms with Crippen molar-refractivity contribution in [2.75, 3.05) is 72.6 Å². The smallest absolute Gasteiger partial charge is 0.242 e. The number of para-hydroxylation sites is 1. The molecule has 5 heterocycles. The number of ether oxygens (including phenoxy) is 1. The molecule has 1 atom stereocenters. The van der Waals surface area contributed by atoms with E-state index < -0.39 is 0 Å². The number of carbonyl (C=O) groups excluding carboxylic acids is 1. The van der Waals surface area contributed by atoms with E-state index in [4.69, 9.17) is 14.7 Å². The second-order valence-electron chi connectivity index (χ2n) is 12.7. The quantitative estimate of drug-likeness (QED) is 0.290. The normalized spacial score (nSPS) is 20.0. The van der Waals surface area contributed by atoms with Gasteiger partial charge in [-0.3, -0.25) is 19.7 Å². The Balaban J connectivity index is 1.22. The first kappa shape index (κ1) is 29.3. The van der Waals surface area contributed by atoms with Crippen LogP contribution in [0.3, 0.4) is 0 Å². The summed E-state index contributed by atoms with van der Waals surface area (Å²) in [5.41, 5.74) is 5.81. The number of hydrogen-bond acceptors (Lipinski definition) is 7. The molecule has 2 saturated heterocycles. The minimum Gasteiger partial charge on any atom is -0.378 e. The number of carbonyl (C=O) groups is 1. The number of aryl methyl sites for hydroxylation is 1. The number of rotatable bonds is 9. The molecule has 2 fully saturated rings. The summed E-state index contributed by atoms with van der Waals surface area (Å²) < 4.78 is 7.74. The molecule has 3 aliphatic rings. The van der Waals surface area contributed by atoms with Crippen LogP contribution in [0.5, 0.6) is 0 Å². The van der Waals surface area contributed by atoms with Crippen molar-refractivity contribution in [3.8, 4) is 0 Å².